The van der Waals surface area contributed by atoms with E-state index in [4.69, 9.17) is 32.0 Å². The Labute approximate surface area is 740 Å². The van der Waals surface area contributed by atoms with Gasteiger partial charge in [0.25, 0.3) is 64.2 Å². The molecule has 0 saturated heterocycles. The average molecular weight is 1730 g/mol. The van der Waals surface area contributed by atoms with Crippen LogP contribution < -0.4 is 21.7 Å². The number of primary amides is 1. The van der Waals surface area contributed by atoms with E-state index in [1.165, 1.54) is 93.8 Å². The lowest BCUT2D eigenvalue weighted by molar-refractivity contribution is 0.0957. The number of nitrogens with zero attached hydrogens (tertiary/aromatic N) is 28. The lowest BCUT2D eigenvalue weighted by atomic mass is 10.0. The van der Waals surface area contributed by atoms with E-state index in [-0.39, 0.29) is 134 Å². The molecule has 0 saturated carbocycles. The molecule has 0 aliphatic carbocycles. The number of nitrogens with two attached hydrogens (primary N) is 1. The van der Waals surface area contributed by atoms with Crippen LogP contribution in [0.15, 0.2) is 316 Å². The zero-order chi connectivity index (χ0) is 90.7. The van der Waals surface area contributed by atoms with Crippen LogP contribution in [0.2, 0.25) is 0 Å². The number of benzene rings is 9. The van der Waals surface area contributed by atoms with Crippen molar-refractivity contribution in [2.24, 2.45) is 46.6 Å². The largest absolute Gasteiger partial charge is 0.505 e. The molecule has 40 heteroatoms. The summed E-state index contributed by atoms with van der Waals surface area (Å²) < 4.78 is 5.20. The molecule has 18 aromatic rings. The summed E-state index contributed by atoms with van der Waals surface area (Å²) >= 11 is 0. The zero-order valence-electron chi connectivity index (χ0n) is 67.5. The van der Waals surface area contributed by atoms with Crippen molar-refractivity contribution in [1.29, 1.82) is 0 Å². The van der Waals surface area contributed by atoms with Gasteiger partial charge in [-0.3, -0.25) is 24.2 Å². The molecule has 18 rings (SSSR count). The van der Waals surface area contributed by atoms with Gasteiger partial charge in [0.05, 0.1) is 73.3 Å². The van der Waals surface area contributed by atoms with Crippen molar-refractivity contribution >= 4 is 147 Å². The van der Waals surface area contributed by atoms with Gasteiger partial charge in [0.1, 0.15) is 22.7 Å². The van der Waals surface area contributed by atoms with E-state index in [2.05, 4.69) is 137 Å². The molecule has 0 radical (unpaired) electrons. The first-order valence-electron chi connectivity index (χ1n) is 38.3. The van der Waals surface area contributed by atoms with Crippen molar-refractivity contribution in [3.63, 3.8) is 0 Å². The predicted molar refractivity (Wildman–Crippen MR) is 483 cm³/mol. The first-order valence-corrected chi connectivity index (χ1v) is 38.3. The van der Waals surface area contributed by atoms with Crippen LogP contribution in [0.1, 0.15) is 54.4 Å². The second-order valence-corrected chi connectivity index (χ2v) is 27.0. The molecule has 0 aliphatic rings. The van der Waals surface area contributed by atoms with Crippen LogP contribution in [0.25, 0.3) is 86.1 Å². The van der Waals surface area contributed by atoms with Gasteiger partial charge >= 0.3 is 0 Å². The summed E-state index contributed by atoms with van der Waals surface area (Å²) in [4.78, 5) is 96.5. The molecule has 9 aromatic heterocycles. The Morgan fingerprint density at radius 1 is 0.351 bits per heavy atom. The minimum atomic E-state index is -0.797. The van der Waals surface area contributed by atoms with E-state index < -0.39 is 29.4 Å². The summed E-state index contributed by atoms with van der Waals surface area (Å²) in [5.74, 6) is -2.15. The topological polar surface area (TPSA) is 502 Å². The Morgan fingerprint density at radius 2 is 0.649 bits per heavy atom. The van der Waals surface area contributed by atoms with Gasteiger partial charge < -0.3 is 42.1 Å². The van der Waals surface area contributed by atoms with Crippen LogP contribution in [-0.4, -0.2) is 130 Å². The van der Waals surface area contributed by atoms with Crippen LogP contribution in [0.3, 0.4) is 0 Å². The average Bonchev–Trinajstić information content (AvgIpc) is 1.44. The van der Waals surface area contributed by atoms with Crippen molar-refractivity contribution in [3.05, 3.63) is 348 Å². The number of nitrogens with one attached hydrogen (secondary N) is 3. The molecule has 9 N–H and O–H groups in total. The van der Waals surface area contributed by atoms with E-state index in [0.29, 0.717) is 60.3 Å². The number of aromatic nitrogens is 16. The lowest BCUT2D eigenvalue weighted by Crippen LogP contribution is -2.17. The summed E-state index contributed by atoms with van der Waals surface area (Å²) in [6.07, 6.45) is 19.2. The fraction of sp³-hybridized carbons (Fsp3) is 0.0330. The maximum atomic E-state index is 13.1. The number of phenols is 4. The van der Waals surface area contributed by atoms with E-state index >= 15 is 0 Å². The molecule has 9 aromatic carbocycles. The third kappa shape index (κ3) is 18.9. The third-order valence-electron chi connectivity index (χ3n) is 18.9. The number of amides is 4. The first kappa shape index (κ1) is 87.2. The molecule has 0 fully saturated rings. The van der Waals surface area contributed by atoms with Crippen molar-refractivity contribution in [2.45, 2.75) is 14.4 Å². The number of rotatable bonds is 18. The number of aromatic hydroxyl groups is 4. The number of pyridine rings is 2. The second kappa shape index (κ2) is 39.8. The van der Waals surface area contributed by atoms with Crippen LogP contribution in [0, 0.1) is 33.2 Å². The number of anilines is 2. The Balaban J connectivity index is 0.000000141. The van der Waals surface area contributed by atoms with Crippen molar-refractivity contribution in [2.75, 3.05) is 17.7 Å². The van der Waals surface area contributed by atoms with E-state index in [0.717, 1.165) is 5.56 Å². The van der Waals surface area contributed by atoms with Crippen LogP contribution in [0.4, 0.5) is 80.1 Å². The van der Waals surface area contributed by atoms with E-state index in [1.807, 2.05) is 43.3 Å². The molecule has 0 aliphatic heterocycles. The van der Waals surface area contributed by atoms with Crippen molar-refractivity contribution in [3.8, 4) is 46.7 Å². The maximum absolute atomic E-state index is 13.1. The first-order chi connectivity index (χ1) is 63.4. The summed E-state index contributed by atoms with van der Waals surface area (Å²) in [5.41, 5.74) is 8.47. The third-order valence-corrected chi connectivity index (χ3v) is 18.9. The normalized spacial score (nSPS) is 10.9. The Kier molecular flexibility index (Phi) is 26.5. The fourth-order valence-corrected chi connectivity index (χ4v) is 12.7. The quantitative estimate of drug-likeness (QED) is 0.0292. The molecule has 131 heavy (non-hydrogen) atoms. The summed E-state index contributed by atoms with van der Waals surface area (Å²) in [7, 11) is 1.47. The number of azo groups is 4. The molecular weight excluding hydrogens is 1670 g/mol. The maximum Gasteiger partial charge on any atom is 0.259 e. The van der Waals surface area contributed by atoms with Crippen LogP contribution >= 0.6 is 0 Å². The fourth-order valence-electron chi connectivity index (χ4n) is 12.7. The number of hydrogen-bond acceptors (Lipinski definition) is 28. The smallest absolute Gasteiger partial charge is 0.259 e. The molecule has 0 bridgehead atoms. The van der Waals surface area contributed by atoms with Gasteiger partial charge in [0.15, 0.2) is 52.1 Å². The number of phenolic OH excluding ortho intramolecular Hbond substituents is 3. The number of aryl methyl sites for hydroxylation is 1. The monoisotopic (exact) mass is 1730 g/mol. The van der Waals surface area contributed by atoms with Gasteiger partial charge in [-0.2, -0.15) is 34.4 Å². The highest BCUT2D eigenvalue weighted by molar-refractivity contribution is 6.14. The van der Waals surface area contributed by atoms with Gasteiger partial charge in [0.2, 0.25) is 0 Å². The zero-order valence-corrected chi connectivity index (χ0v) is 67.5. The highest BCUT2D eigenvalue weighted by atomic mass is 16.3. The number of hydrogen-bond donors (Lipinski definition) is 8. The van der Waals surface area contributed by atoms with Gasteiger partial charge in [0, 0.05) is 95.7 Å². The molecule has 0 unspecified atom stereocenters. The number of carbonyl (C=O) groups is 4. The second-order valence-electron chi connectivity index (χ2n) is 27.0. The van der Waals surface area contributed by atoms with Crippen molar-refractivity contribution in [1.82, 2.24) is 84.3 Å². The SMILES string of the molecule is C.[C-]#[N+]c1cnn(-c2ccccn2)c1N=Nc1c(O)c(C(=O)Nc2ccc(C)cc2)cc2ccccc12.[C-]#[N+]c1cnn(-c2ncccn2)c1N=Nc1c(O)c(C(=O)NC)cc2ccccc12.[C-]#[N+]c1cnn(-c2ncccn2)c1N=Nc1c(O)c(C(=O)Nc2ccncc2)cc2ccccc12.[C-]#[N+]c1cnn(-c2ncccn2)c1N=Nc1c(O)c(C(N)=O)cc2ccccc12. The summed E-state index contributed by atoms with van der Waals surface area (Å²) in [5, 5.41) is 107. The highest BCUT2D eigenvalue weighted by Gasteiger charge is 2.26. The summed E-state index contributed by atoms with van der Waals surface area (Å²) in [6.45, 7) is 31.6. The minimum Gasteiger partial charge on any atom is -0.505 e. The molecule has 636 valence electrons. The minimum absolute atomic E-state index is 0. The molecule has 40 nitrogen and oxygen atoms in total. The van der Waals surface area contributed by atoms with Gasteiger partial charge in [-0.05, 0) is 107 Å². The van der Waals surface area contributed by atoms with Gasteiger partial charge in [-0.1, -0.05) is 128 Å². The van der Waals surface area contributed by atoms with E-state index in [1.54, 1.807) is 170 Å². The van der Waals surface area contributed by atoms with Gasteiger partial charge in [-0.15, -0.1) is 40.9 Å². The van der Waals surface area contributed by atoms with Crippen molar-refractivity contribution < 1.29 is 39.6 Å². The molecule has 0 spiro atoms. The molecule has 9 heterocycles. The Bertz CT molecular complexity index is 7690. The summed E-state index contributed by atoms with van der Waals surface area (Å²) in [6, 6.07) is 55.6. The lowest BCUT2D eigenvalue weighted by Gasteiger charge is -2.11. The standard InChI is InChI=1S/C27H19N7O2.C24H15N9O2.C20H14N8O2.C19H12N8O2.CH4/c1-17-10-12-19(13-11-17)31-27(36)21-15-18-7-3-4-8-20(18)24(25(21)35)32-33-26-22(28-2)16-30-34(26)23-9-5-6-14-29-23;1-25-19-14-29-33(24-27-9-4-10-28-24)22(19)32-31-20-17-6-3-2-5-15(17)13-18(21(20)34)23(35)30-16-7-11-26-12-8-16;1-21-15-11-25-28(20-23-8-5-9-24-20)18(15)27-26-16-13-7-4-3-6-12(13)10-14(17(16)29)19(30)22-2;1-21-14-10-24-27(19-22-7-4-8-23-19)18(14)26-25-15-12-6-3-2-5-11(12)9-13(16(15)28)17(20)29;/h3-16,35H,1H3,(H,31,36);2-14,34H,(H,26,30,35);3-11,29H,2H3,(H,22,30);2-10,28H,(H2,20,29);1H4. The van der Waals surface area contributed by atoms with Crippen LogP contribution in [-0.2, 0) is 0 Å². The Hall–Kier alpha value is -20.2. The Morgan fingerprint density at radius 3 is 0.977 bits per heavy atom. The molecular formula is C91H64N32O8. The predicted octanol–water partition coefficient (Wildman–Crippen LogP) is 19.9. The number of carbonyl (C=O) groups excluding carboxylic acids is 4. The highest BCUT2D eigenvalue weighted by Crippen LogP contribution is 2.46. The molecule has 0 atom stereocenters. The van der Waals surface area contributed by atoms with Gasteiger partial charge in [-0.25, -0.2) is 58.9 Å². The number of fused-ring (bicyclic) bond motifs is 4. The van der Waals surface area contributed by atoms with Crippen LogP contribution in [0.5, 0.6) is 23.0 Å². The van der Waals surface area contributed by atoms with E-state index in [9.17, 15) is 39.6 Å². The molecule has 4 amide bonds.